The van der Waals surface area contributed by atoms with E-state index in [0.717, 1.165) is 17.9 Å². The molecule has 106 valence electrons. The molecule has 1 unspecified atom stereocenters. The summed E-state index contributed by atoms with van der Waals surface area (Å²) in [6.07, 6.45) is 0.878. The van der Waals surface area contributed by atoms with Gasteiger partial charge in [0.15, 0.2) is 0 Å². The summed E-state index contributed by atoms with van der Waals surface area (Å²) in [6, 6.07) is 7.60. The quantitative estimate of drug-likeness (QED) is 0.780. The molecule has 0 bridgehead atoms. The van der Waals surface area contributed by atoms with E-state index in [1.807, 2.05) is 30.1 Å². The predicted octanol–water partition coefficient (Wildman–Crippen LogP) is 1.30. The summed E-state index contributed by atoms with van der Waals surface area (Å²) >= 11 is 0. The number of likely N-dealkylation sites (N-methyl/N-ethyl adjacent to an activating group) is 1. The predicted molar refractivity (Wildman–Crippen MR) is 77.4 cm³/mol. The largest absolute Gasteiger partial charge is 0.497 e. The summed E-state index contributed by atoms with van der Waals surface area (Å²) < 4.78 is 5.11. The number of nitrogens with two attached hydrogens (primary N) is 1. The Balaban J connectivity index is 2.50. The van der Waals surface area contributed by atoms with Crippen LogP contribution in [0.5, 0.6) is 5.75 Å². The zero-order chi connectivity index (χ0) is 14.3. The van der Waals surface area contributed by atoms with E-state index < -0.39 is 0 Å². The Morgan fingerprint density at radius 3 is 2.89 bits per heavy atom. The maximum Gasteiger partial charge on any atom is 0.238 e. The van der Waals surface area contributed by atoms with Gasteiger partial charge < -0.3 is 15.8 Å². The highest BCUT2D eigenvalue weighted by molar-refractivity contribution is 5.92. The summed E-state index contributed by atoms with van der Waals surface area (Å²) in [5.41, 5.74) is 6.25. The Bertz CT molecular complexity index is 409. The minimum atomic E-state index is -0.0420. The zero-order valence-corrected chi connectivity index (χ0v) is 11.8. The van der Waals surface area contributed by atoms with Crippen molar-refractivity contribution >= 4 is 11.6 Å². The molecule has 1 atom stereocenters. The first-order valence-electron chi connectivity index (χ1n) is 6.41. The molecule has 0 aliphatic carbocycles. The third kappa shape index (κ3) is 5.28. The van der Waals surface area contributed by atoms with Crippen LogP contribution in [0.15, 0.2) is 24.3 Å². The normalized spacial score (nSPS) is 12.3. The molecule has 0 saturated carbocycles. The monoisotopic (exact) mass is 265 g/mol. The van der Waals surface area contributed by atoms with Crippen LogP contribution in [-0.4, -0.2) is 44.1 Å². The molecule has 19 heavy (non-hydrogen) atoms. The Kier molecular flexibility index (Phi) is 6.32. The Morgan fingerprint density at radius 1 is 1.53 bits per heavy atom. The van der Waals surface area contributed by atoms with Crippen LogP contribution < -0.4 is 15.8 Å². The number of carbonyl (C=O) groups excluding carboxylic acids is 1. The van der Waals surface area contributed by atoms with Crippen molar-refractivity contribution < 1.29 is 9.53 Å². The average Bonchev–Trinajstić information content (AvgIpc) is 2.39. The maximum absolute atomic E-state index is 11.9. The Morgan fingerprint density at radius 2 is 2.26 bits per heavy atom. The van der Waals surface area contributed by atoms with Crippen LogP contribution in [0.3, 0.4) is 0 Å². The van der Waals surface area contributed by atoms with Crippen molar-refractivity contribution in [3.63, 3.8) is 0 Å². The van der Waals surface area contributed by atoms with Crippen molar-refractivity contribution in [3.05, 3.63) is 24.3 Å². The molecule has 0 aliphatic rings. The van der Waals surface area contributed by atoms with Gasteiger partial charge in [-0.25, -0.2) is 0 Å². The van der Waals surface area contributed by atoms with Crippen molar-refractivity contribution in [3.8, 4) is 5.75 Å². The fourth-order valence-electron chi connectivity index (χ4n) is 1.75. The number of rotatable bonds is 7. The highest BCUT2D eigenvalue weighted by atomic mass is 16.5. The molecule has 0 spiro atoms. The van der Waals surface area contributed by atoms with E-state index in [0.29, 0.717) is 19.1 Å². The number of hydrogen-bond acceptors (Lipinski definition) is 4. The molecule has 3 N–H and O–H groups in total. The summed E-state index contributed by atoms with van der Waals surface area (Å²) in [5, 5.41) is 2.85. The summed E-state index contributed by atoms with van der Waals surface area (Å²) in [6.45, 7) is 3.03. The van der Waals surface area contributed by atoms with Crippen LogP contribution in [0.25, 0.3) is 0 Å². The fraction of sp³-hybridized carbons (Fsp3) is 0.500. The van der Waals surface area contributed by atoms with Gasteiger partial charge >= 0.3 is 0 Å². The molecular weight excluding hydrogens is 242 g/mol. The van der Waals surface area contributed by atoms with Gasteiger partial charge in [-0.2, -0.15) is 0 Å². The minimum Gasteiger partial charge on any atom is -0.497 e. The lowest BCUT2D eigenvalue weighted by Crippen LogP contribution is -2.37. The lowest BCUT2D eigenvalue weighted by Gasteiger charge is -2.23. The van der Waals surface area contributed by atoms with Gasteiger partial charge in [-0.05, 0) is 39.1 Å². The number of ether oxygens (including phenoxy) is 1. The standard InChI is InChI=1S/C14H23N3O2/c1-11(7-8-15)17(2)10-14(18)16-12-5-4-6-13(9-12)19-3/h4-6,9,11H,7-8,10,15H2,1-3H3,(H,16,18). The molecule has 1 aromatic rings. The van der Waals surface area contributed by atoms with Crippen LogP contribution in [0.1, 0.15) is 13.3 Å². The maximum atomic E-state index is 11.9. The van der Waals surface area contributed by atoms with Gasteiger partial charge in [0.05, 0.1) is 13.7 Å². The molecule has 0 heterocycles. The van der Waals surface area contributed by atoms with Gasteiger partial charge in [-0.3, -0.25) is 9.69 Å². The molecule has 1 aromatic carbocycles. The number of benzene rings is 1. The van der Waals surface area contributed by atoms with Crippen LogP contribution in [0.2, 0.25) is 0 Å². The van der Waals surface area contributed by atoms with Gasteiger partial charge in [0.1, 0.15) is 5.75 Å². The van der Waals surface area contributed by atoms with Crippen LogP contribution in [0.4, 0.5) is 5.69 Å². The third-order valence-corrected chi connectivity index (χ3v) is 3.08. The highest BCUT2D eigenvalue weighted by Gasteiger charge is 2.12. The van der Waals surface area contributed by atoms with Crippen LogP contribution >= 0.6 is 0 Å². The SMILES string of the molecule is COc1cccc(NC(=O)CN(C)C(C)CCN)c1. The number of carbonyl (C=O) groups is 1. The minimum absolute atomic E-state index is 0.0420. The van der Waals surface area contributed by atoms with Gasteiger partial charge in [0, 0.05) is 17.8 Å². The molecule has 0 aromatic heterocycles. The second kappa shape index (κ2) is 7.76. The number of nitrogens with zero attached hydrogens (tertiary/aromatic N) is 1. The second-order valence-electron chi connectivity index (χ2n) is 4.62. The lowest BCUT2D eigenvalue weighted by molar-refractivity contribution is -0.117. The van der Waals surface area contributed by atoms with Crippen molar-refractivity contribution in [2.75, 3.05) is 32.6 Å². The molecule has 0 saturated heterocycles. The number of hydrogen-bond donors (Lipinski definition) is 2. The Labute approximate surface area is 114 Å². The van der Waals surface area contributed by atoms with E-state index in [-0.39, 0.29) is 5.91 Å². The molecule has 1 rings (SSSR count). The first kappa shape index (κ1) is 15.5. The van der Waals surface area contributed by atoms with Gasteiger partial charge in [0.25, 0.3) is 0 Å². The van der Waals surface area contributed by atoms with E-state index in [1.165, 1.54) is 0 Å². The molecule has 5 heteroatoms. The molecule has 0 aliphatic heterocycles. The second-order valence-corrected chi connectivity index (χ2v) is 4.62. The summed E-state index contributed by atoms with van der Waals surface area (Å²) in [5.74, 6) is 0.683. The lowest BCUT2D eigenvalue weighted by atomic mass is 10.2. The average molecular weight is 265 g/mol. The van der Waals surface area contributed by atoms with E-state index in [4.69, 9.17) is 10.5 Å². The first-order valence-corrected chi connectivity index (χ1v) is 6.41. The summed E-state index contributed by atoms with van der Waals surface area (Å²) in [4.78, 5) is 13.9. The number of amides is 1. The van der Waals surface area contributed by atoms with Crippen molar-refractivity contribution in [2.24, 2.45) is 5.73 Å². The van der Waals surface area contributed by atoms with Crippen LogP contribution in [0, 0.1) is 0 Å². The molecule has 1 amide bonds. The number of nitrogens with one attached hydrogen (secondary N) is 1. The highest BCUT2D eigenvalue weighted by Crippen LogP contribution is 2.16. The van der Waals surface area contributed by atoms with E-state index in [9.17, 15) is 4.79 Å². The van der Waals surface area contributed by atoms with Gasteiger partial charge in [-0.15, -0.1) is 0 Å². The van der Waals surface area contributed by atoms with E-state index >= 15 is 0 Å². The van der Waals surface area contributed by atoms with E-state index in [2.05, 4.69) is 12.2 Å². The van der Waals surface area contributed by atoms with Crippen molar-refractivity contribution in [2.45, 2.75) is 19.4 Å². The zero-order valence-electron chi connectivity index (χ0n) is 11.8. The fourth-order valence-corrected chi connectivity index (χ4v) is 1.75. The van der Waals surface area contributed by atoms with Gasteiger partial charge in [0.2, 0.25) is 5.91 Å². The molecule has 0 radical (unpaired) electrons. The van der Waals surface area contributed by atoms with Crippen molar-refractivity contribution in [1.29, 1.82) is 0 Å². The van der Waals surface area contributed by atoms with Crippen molar-refractivity contribution in [1.82, 2.24) is 4.90 Å². The smallest absolute Gasteiger partial charge is 0.238 e. The molecule has 0 fully saturated rings. The molecular formula is C14H23N3O2. The number of methoxy groups -OCH3 is 1. The first-order chi connectivity index (χ1) is 9.06. The van der Waals surface area contributed by atoms with E-state index in [1.54, 1.807) is 13.2 Å². The Hall–Kier alpha value is -1.59. The topological polar surface area (TPSA) is 67.6 Å². The molecule has 5 nitrogen and oxygen atoms in total. The number of anilines is 1. The third-order valence-electron chi connectivity index (χ3n) is 3.08. The summed E-state index contributed by atoms with van der Waals surface area (Å²) in [7, 11) is 3.52. The van der Waals surface area contributed by atoms with Crippen LogP contribution in [-0.2, 0) is 4.79 Å². The van der Waals surface area contributed by atoms with Gasteiger partial charge in [-0.1, -0.05) is 6.07 Å².